The van der Waals surface area contributed by atoms with Crippen LogP contribution in [0.4, 0.5) is 0 Å². The van der Waals surface area contributed by atoms with Crippen LogP contribution in [0.2, 0.25) is 0 Å². The molecule has 0 spiro atoms. The molecular formula is C16H13N3O. The molecule has 0 amide bonds. The van der Waals surface area contributed by atoms with Gasteiger partial charge in [0.15, 0.2) is 0 Å². The molecule has 1 heterocycles. The lowest BCUT2D eigenvalue weighted by Gasteiger charge is -2.09. The Morgan fingerprint density at radius 2 is 2.05 bits per heavy atom. The maximum absolute atomic E-state index is 12.1. The van der Waals surface area contributed by atoms with E-state index in [1.165, 1.54) is 0 Å². The van der Waals surface area contributed by atoms with Gasteiger partial charge in [0.05, 0.1) is 17.0 Å². The molecule has 3 rings (SSSR count). The Hall–Kier alpha value is -2.64. The maximum Gasteiger partial charge on any atom is 0.256 e. The Labute approximate surface area is 115 Å². The predicted molar refractivity (Wildman–Crippen MR) is 79.5 cm³/mol. The third-order valence-electron chi connectivity index (χ3n) is 3.50. The number of aromatic nitrogens is 1. The molecule has 0 aliphatic heterocycles. The summed E-state index contributed by atoms with van der Waals surface area (Å²) in [4.78, 5) is 14.8. The van der Waals surface area contributed by atoms with Crippen molar-refractivity contribution >= 4 is 21.5 Å². The van der Waals surface area contributed by atoms with Crippen molar-refractivity contribution in [2.24, 2.45) is 5.73 Å². The van der Waals surface area contributed by atoms with Gasteiger partial charge in [-0.15, -0.1) is 0 Å². The normalized spacial score (nSPS) is 10.8. The van der Waals surface area contributed by atoms with Gasteiger partial charge in [-0.05, 0) is 52.9 Å². The van der Waals surface area contributed by atoms with Crippen molar-refractivity contribution < 1.29 is 0 Å². The van der Waals surface area contributed by atoms with E-state index in [2.05, 4.69) is 11.1 Å². The first-order chi connectivity index (χ1) is 9.74. The Kier molecular flexibility index (Phi) is 2.97. The van der Waals surface area contributed by atoms with Crippen molar-refractivity contribution in [3.8, 4) is 6.07 Å². The molecule has 4 nitrogen and oxygen atoms in total. The number of hydrogen-bond acceptors (Lipinski definition) is 3. The van der Waals surface area contributed by atoms with E-state index in [1.54, 1.807) is 18.3 Å². The van der Waals surface area contributed by atoms with Crippen LogP contribution in [0.25, 0.3) is 21.5 Å². The standard InChI is InChI=1S/C16H13N3O/c17-5-3-11-8-12-4-6-19-16(20)15(12)14-7-10(9-18)1-2-13(11)14/h1-2,4,6-8H,3,5,17H2,(H,19,20). The number of nitrogens with two attached hydrogens (primary N) is 1. The van der Waals surface area contributed by atoms with E-state index in [4.69, 9.17) is 11.0 Å². The smallest absolute Gasteiger partial charge is 0.256 e. The number of nitrogens with zero attached hydrogens (tertiary/aromatic N) is 1. The summed E-state index contributed by atoms with van der Waals surface area (Å²) in [6.07, 6.45) is 2.38. The zero-order valence-electron chi connectivity index (χ0n) is 10.8. The number of benzene rings is 2. The highest BCUT2D eigenvalue weighted by Crippen LogP contribution is 2.27. The molecular weight excluding hydrogens is 250 g/mol. The fourth-order valence-corrected chi connectivity index (χ4v) is 2.62. The van der Waals surface area contributed by atoms with Crippen LogP contribution < -0.4 is 11.3 Å². The first-order valence-electron chi connectivity index (χ1n) is 6.42. The fourth-order valence-electron chi connectivity index (χ4n) is 2.62. The average molecular weight is 263 g/mol. The second-order valence-electron chi connectivity index (χ2n) is 4.72. The zero-order valence-corrected chi connectivity index (χ0v) is 10.8. The number of fused-ring (bicyclic) bond motifs is 3. The van der Waals surface area contributed by atoms with Gasteiger partial charge in [-0.2, -0.15) is 5.26 Å². The van der Waals surface area contributed by atoms with Gasteiger partial charge in [-0.25, -0.2) is 0 Å². The molecule has 1 aromatic heterocycles. The molecule has 0 bridgehead atoms. The van der Waals surface area contributed by atoms with Crippen LogP contribution in [0.15, 0.2) is 41.3 Å². The van der Waals surface area contributed by atoms with Gasteiger partial charge in [-0.3, -0.25) is 4.79 Å². The van der Waals surface area contributed by atoms with Crippen molar-refractivity contribution in [2.45, 2.75) is 6.42 Å². The summed E-state index contributed by atoms with van der Waals surface area (Å²) < 4.78 is 0. The Bertz CT molecular complexity index is 903. The predicted octanol–water partition coefficient (Wildman–Crippen LogP) is 2.05. The minimum atomic E-state index is -0.137. The molecule has 3 aromatic rings. The van der Waals surface area contributed by atoms with E-state index in [0.717, 1.165) is 28.1 Å². The summed E-state index contributed by atoms with van der Waals surface area (Å²) >= 11 is 0. The molecule has 0 saturated carbocycles. The minimum absolute atomic E-state index is 0.137. The highest BCUT2D eigenvalue weighted by Gasteiger charge is 2.09. The molecule has 20 heavy (non-hydrogen) atoms. The van der Waals surface area contributed by atoms with Crippen LogP contribution in [-0.4, -0.2) is 11.5 Å². The lowest BCUT2D eigenvalue weighted by Crippen LogP contribution is -2.08. The van der Waals surface area contributed by atoms with Crippen molar-refractivity contribution in [3.05, 3.63) is 58.0 Å². The first kappa shape index (κ1) is 12.4. The fraction of sp³-hybridized carbons (Fsp3) is 0.125. The summed E-state index contributed by atoms with van der Waals surface area (Å²) in [7, 11) is 0. The highest BCUT2D eigenvalue weighted by atomic mass is 16.1. The number of H-pyrrole nitrogens is 1. The number of nitriles is 1. The summed E-state index contributed by atoms with van der Waals surface area (Å²) in [6.45, 7) is 0.545. The van der Waals surface area contributed by atoms with Gasteiger partial charge in [0.2, 0.25) is 0 Å². The van der Waals surface area contributed by atoms with Gasteiger partial charge < -0.3 is 10.7 Å². The maximum atomic E-state index is 12.1. The summed E-state index contributed by atoms with van der Waals surface area (Å²) in [5, 5.41) is 12.4. The van der Waals surface area contributed by atoms with Crippen LogP contribution in [0.3, 0.4) is 0 Å². The zero-order chi connectivity index (χ0) is 14.1. The Balaban J connectivity index is 2.54. The van der Waals surface area contributed by atoms with E-state index in [0.29, 0.717) is 17.5 Å². The molecule has 98 valence electrons. The van der Waals surface area contributed by atoms with Gasteiger partial charge in [0, 0.05) is 6.20 Å². The van der Waals surface area contributed by atoms with Gasteiger partial charge in [0.25, 0.3) is 5.56 Å². The third-order valence-corrected chi connectivity index (χ3v) is 3.50. The first-order valence-corrected chi connectivity index (χ1v) is 6.42. The molecule has 0 saturated heterocycles. The largest absolute Gasteiger partial charge is 0.330 e. The number of rotatable bonds is 2. The molecule has 0 radical (unpaired) electrons. The van der Waals surface area contributed by atoms with E-state index < -0.39 is 0 Å². The van der Waals surface area contributed by atoms with E-state index in [9.17, 15) is 4.79 Å². The summed E-state index contributed by atoms with van der Waals surface area (Å²) in [5.74, 6) is 0. The number of nitrogens with one attached hydrogen (secondary N) is 1. The van der Waals surface area contributed by atoms with Crippen LogP contribution in [0, 0.1) is 11.3 Å². The number of pyridine rings is 1. The molecule has 2 aromatic carbocycles. The molecule has 0 fully saturated rings. The van der Waals surface area contributed by atoms with E-state index >= 15 is 0 Å². The van der Waals surface area contributed by atoms with Gasteiger partial charge >= 0.3 is 0 Å². The lowest BCUT2D eigenvalue weighted by atomic mass is 9.95. The molecule has 0 unspecified atom stereocenters. The monoisotopic (exact) mass is 263 g/mol. The molecule has 4 heteroatoms. The Morgan fingerprint density at radius 1 is 1.20 bits per heavy atom. The Morgan fingerprint density at radius 3 is 2.80 bits per heavy atom. The molecule has 0 aliphatic rings. The van der Waals surface area contributed by atoms with Crippen LogP contribution in [0.1, 0.15) is 11.1 Å². The average Bonchev–Trinajstić information content (AvgIpc) is 2.47. The molecule has 0 atom stereocenters. The van der Waals surface area contributed by atoms with E-state index in [-0.39, 0.29) is 5.56 Å². The molecule has 0 aliphatic carbocycles. The number of hydrogen-bond donors (Lipinski definition) is 2. The van der Waals surface area contributed by atoms with Crippen molar-refractivity contribution in [3.63, 3.8) is 0 Å². The second kappa shape index (κ2) is 4.80. The van der Waals surface area contributed by atoms with Crippen molar-refractivity contribution in [2.75, 3.05) is 6.54 Å². The van der Waals surface area contributed by atoms with Crippen LogP contribution in [-0.2, 0) is 6.42 Å². The highest BCUT2D eigenvalue weighted by molar-refractivity contribution is 6.08. The minimum Gasteiger partial charge on any atom is -0.330 e. The summed E-state index contributed by atoms with van der Waals surface area (Å²) in [5.41, 5.74) is 7.17. The van der Waals surface area contributed by atoms with Gasteiger partial charge in [0.1, 0.15) is 0 Å². The van der Waals surface area contributed by atoms with Gasteiger partial charge in [-0.1, -0.05) is 12.1 Å². The van der Waals surface area contributed by atoms with Crippen LogP contribution in [0.5, 0.6) is 0 Å². The third kappa shape index (κ3) is 1.85. The topological polar surface area (TPSA) is 82.7 Å². The van der Waals surface area contributed by atoms with Crippen molar-refractivity contribution in [1.29, 1.82) is 5.26 Å². The molecule has 3 N–H and O–H groups in total. The SMILES string of the molecule is N#Cc1ccc2c(CCN)cc3cc[nH]c(=O)c3c2c1. The van der Waals surface area contributed by atoms with Crippen LogP contribution >= 0.6 is 0 Å². The quantitative estimate of drug-likeness (QED) is 0.694. The lowest BCUT2D eigenvalue weighted by molar-refractivity contribution is 0.979. The summed E-state index contributed by atoms with van der Waals surface area (Å²) in [6, 6.07) is 11.4. The number of aromatic amines is 1. The second-order valence-corrected chi connectivity index (χ2v) is 4.72. The van der Waals surface area contributed by atoms with Crippen molar-refractivity contribution in [1.82, 2.24) is 4.98 Å². The van der Waals surface area contributed by atoms with E-state index in [1.807, 2.05) is 18.2 Å².